The monoisotopic (exact) mass is 280 g/mol. The summed E-state index contributed by atoms with van der Waals surface area (Å²) in [5.74, 6) is 0.521. The van der Waals surface area contributed by atoms with Crippen LogP contribution in [0.4, 0.5) is 11.5 Å². The second-order valence-corrected chi connectivity index (χ2v) is 6.80. The largest absolute Gasteiger partial charge is 0.383 e. The molecule has 1 fully saturated rings. The Balaban J connectivity index is 2.48. The van der Waals surface area contributed by atoms with Gasteiger partial charge in [0.1, 0.15) is 11.5 Å². The highest BCUT2D eigenvalue weighted by molar-refractivity contribution is 5.62. The van der Waals surface area contributed by atoms with Crippen LogP contribution >= 0.6 is 0 Å². The summed E-state index contributed by atoms with van der Waals surface area (Å²) in [5, 5.41) is 3.21. The van der Waals surface area contributed by atoms with Crippen molar-refractivity contribution in [2.75, 3.05) is 11.1 Å². The quantitative estimate of drug-likeness (QED) is 0.862. The zero-order chi connectivity index (χ0) is 15.2. The minimum Gasteiger partial charge on any atom is -0.383 e. The van der Waals surface area contributed by atoms with Gasteiger partial charge in [-0.1, -0.05) is 27.7 Å². The summed E-state index contributed by atoms with van der Waals surface area (Å²) in [5.41, 5.74) is 5.87. The maximum absolute atomic E-state index is 12.2. The Hall–Kier alpha value is -1.72. The highest BCUT2D eigenvalue weighted by Gasteiger charge is 2.46. The lowest BCUT2D eigenvalue weighted by Crippen LogP contribution is -2.41. The van der Waals surface area contributed by atoms with Crippen LogP contribution in [0.2, 0.25) is 0 Å². The number of nitrogen functional groups attached to an aromatic ring is 1. The number of nitrogens with zero attached hydrogens (tertiary/aromatic N) is 2. The zero-order valence-corrected chi connectivity index (χ0v) is 12.9. The summed E-state index contributed by atoms with van der Waals surface area (Å²) in [6, 6.07) is 0.238. The molecule has 1 aromatic rings. The SMILES string of the molecule is CC(C)Cn1c(N)c(NC2CC2(C)C)c(=O)n(C)c1=O. The molecule has 1 aromatic heterocycles. The summed E-state index contributed by atoms with van der Waals surface area (Å²) in [7, 11) is 1.49. The van der Waals surface area contributed by atoms with E-state index in [0.29, 0.717) is 12.2 Å². The molecule has 112 valence electrons. The van der Waals surface area contributed by atoms with Crippen molar-refractivity contribution in [1.82, 2.24) is 9.13 Å². The van der Waals surface area contributed by atoms with Gasteiger partial charge in [-0.15, -0.1) is 0 Å². The van der Waals surface area contributed by atoms with Crippen molar-refractivity contribution in [3.05, 3.63) is 20.8 Å². The Labute approximate surface area is 118 Å². The van der Waals surface area contributed by atoms with Crippen molar-refractivity contribution in [1.29, 1.82) is 0 Å². The first kappa shape index (κ1) is 14.7. The maximum atomic E-state index is 12.2. The number of hydrogen-bond donors (Lipinski definition) is 2. The second-order valence-electron chi connectivity index (χ2n) is 6.80. The highest BCUT2D eigenvalue weighted by Crippen LogP contribution is 2.46. The average molecular weight is 280 g/mol. The lowest BCUT2D eigenvalue weighted by Gasteiger charge is -2.18. The topological polar surface area (TPSA) is 82.0 Å². The number of hydrogen-bond acceptors (Lipinski definition) is 4. The van der Waals surface area contributed by atoms with Crippen LogP contribution in [0, 0.1) is 11.3 Å². The van der Waals surface area contributed by atoms with Crippen LogP contribution in [0.15, 0.2) is 9.59 Å². The molecule has 1 aliphatic carbocycles. The van der Waals surface area contributed by atoms with E-state index in [1.807, 2.05) is 13.8 Å². The smallest absolute Gasteiger partial charge is 0.332 e. The van der Waals surface area contributed by atoms with Crippen molar-refractivity contribution in [2.45, 2.75) is 46.7 Å². The number of nitrogens with one attached hydrogen (secondary N) is 1. The Morgan fingerprint density at radius 2 is 1.95 bits per heavy atom. The van der Waals surface area contributed by atoms with E-state index in [-0.39, 0.29) is 34.4 Å². The van der Waals surface area contributed by atoms with Crippen LogP contribution in [0.1, 0.15) is 34.1 Å². The van der Waals surface area contributed by atoms with E-state index in [0.717, 1.165) is 11.0 Å². The summed E-state index contributed by atoms with van der Waals surface area (Å²) in [6.45, 7) is 8.79. The van der Waals surface area contributed by atoms with Crippen molar-refractivity contribution >= 4 is 11.5 Å². The molecule has 0 spiro atoms. The van der Waals surface area contributed by atoms with Gasteiger partial charge >= 0.3 is 5.69 Å². The lowest BCUT2D eigenvalue weighted by atomic mass is 10.2. The normalized spacial score (nSPS) is 20.2. The van der Waals surface area contributed by atoms with Crippen LogP contribution < -0.4 is 22.3 Å². The Morgan fingerprint density at radius 3 is 2.40 bits per heavy atom. The molecule has 1 unspecified atom stereocenters. The molecule has 1 heterocycles. The Bertz CT molecular complexity index is 640. The molecule has 0 bridgehead atoms. The van der Waals surface area contributed by atoms with Crippen molar-refractivity contribution in [2.24, 2.45) is 18.4 Å². The summed E-state index contributed by atoms with van der Waals surface area (Å²) < 4.78 is 2.60. The first-order chi connectivity index (χ1) is 9.15. The predicted molar refractivity (Wildman–Crippen MR) is 81.0 cm³/mol. The Morgan fingerprint density at radius 1 is 1.40 bits per heavy atom. The molecule has 6 heteroatoms. The van der Waals surface area contributed by atoms with E-state index in [1.54, 1.807) is 0 Å². The van der Waals surface area contributed by atoms with Crippen LogP contribution in [0.3, 0.4) is 0 Å². The molecule has 6 nitrogen and oxygen atoms in total. The number of nitrogens with two attached hydrogens (primary N) is 1. The van der Waals surface area contributed by atoms with Gasteiger partial charge in [0, 0.05) is 19.6 Å². The summed E-state index contributed by atoms with van der Waals surface area (Å²) in [4.78, 5) is 24.4. The van der Waals surface area contributed by atoms with E-state index in [4.69, 9.17) is 5.73 Å². The van der Waals surface area contributed by atoms with Crippen molar-refractivity contribution < 1.29 is 0 Å². The molecule has 20 heavy (non-hydrogen) atoms. The zero-order valence-electron chi connectivity index (χ0n) is 12.9. The van der Waals surface area contributed by atoms with Gasteiger partial charge in [0.25, 0.3) is 5.56 Å². The lowest BCUT2D eigenvalue weighted by molar-refractivity contribution is 0.494. The highest BCUT2D eigenvalue weighted by atomic mass is 16.2. The standard InChI is InChI=1S/C14H24N4O2/c1-8(2)7-18-11(15)10(12(19)17(5)13(18)20)16-9-6-14(9,3)4/h8-9,16H,6-7,15H2,1-5H3. The third-order valence-electron chi connectivity index (χ3n) is 3.96. The predicted octanol–water partition coefficient (Wildman–Crippen LogP) is 0.996. The fraction of sp³-hybridized carbons (Fsp3) is 0.714. The van der Waals surface area contributed by atoms with Gasteiger partial charge in [-0.25, -0.2) is 4.79 Å². The van der Waals surface area contributed by atoms with Gasteiger partial charge in [-0.3, -0.25) is 13.9 Å². The van der Waals surface area contributed by atoms with Crippen molar-refractivity contribution in [3.63, 3.8) is 0 Å². The molecule has 0 aliphatic heterocycles. The number of rotatable bonds is 4. The summed E-state index contributed by atoms with van der Waals surface area (Å²) in [6.07, 6.45) is 0.999. The third kappa shape index (κ3) is 2.46. The number of anilines is 2. The molecule has 0 saturated heterocycles. The molecule has 0 radical (unpaired) electrons. The minimum absolute atomic E-state index is 0.177. The molecule has 3 N–H and O–H groups in total. The molecule has 0 aromatic carbocycles. The molecule has 1 saturated carbocycles. The number of aromatic nitrogens is 2. The van der Waals surface area contributed by atoms with Crippen molar-refractivity contribution in [3.8, 4) is 0 Å². The molecule has 0 amide bonds. The van der Waals surface area contributed by atoms with Gasteiger partial charge in [-0.05, 0) is 17.8 Å². The van der Waals surface area contributed by atoms with Crippen LogP contribution in [0.5, 0.6) is 0 Å². The second kappa shape index (κ2) is 4.68. The van der Waals surface area contributed by atoms with E-state index in [9.17, 15) is 9.59 Å². The van der Waals surface area contributed by atoms with E-state index in [2.05, 4.69) is 19.2 Å². The minimum atomic E-state index is -0.359. The molecular formula is C14H24N4O2. The summed E-state index contributed by atoms with van der Waals surface area (Å²) >= 11 is 0. The fourth-order valence-corrected chi connectivity index (χ4v) is 2.35. The van der Waals surface area contributed by atoms with Gasteiger partial charge in [0.05, 0.1) is 0 Å². The van der Waals surface area contributed by atoms with E-state index >= 15 is 0 Å². The molecule has 1 aliphatic rings. The Kier molecular flexibility index (Phi) is 3.44. The maximum Gasteiger partial charge on any atom is 0.332 e. The first-order valence-electron chi connectivity index (χ1n) is 7.01. The molecule has 2 rings (SSSR count). The van der Waals surface area contributed by atoms with E-state index in [1.165, 1.54) is 11.6 Å². The van der Waals surface area contributed by atoms with Crippen LogP contribution in [-0.2, 0) is 13.6 Å². The van der Waals surface area contributed by atoms with Gasteiger partial charge in [0.2, 0.25) is 0 Å². The molecule has 1 atom stereocenters. The molecular weight excluding hydrogens is 256 g/mol. The third-order valence-corrected chi connectivity index (χ3v) is 3.96. The van der Waals surface area contributed by atoms with Gasteiger partial charge < -0.3 is 11.1 Å². The van der Waals surface area contributed by atoms with E-state index < -0.39 is 0 Å². The van der Waals surface area contributed by atoms with Crippen LogP contribution in [-0.4, -0.2) is 15.2 Å². The first-order valence-corrected chi connectivity index (χ1v) is 7.01. The van der Waals surface area contributed by atoms with Crippen LogP contribution in [0.25, 0.3) is 0 Å². The van der Waals surface area contributed by atoms with Gasteiger partial charge in [-0.2, -0.15) is 0 Å². The average Bonchev–Trinajstić information content (AvgIpc) is 2.95. The van der Waals surface area contributed by atoms with Gasteiger partial charge in [0.15, 0.2) is 0 Å². The fourth-order valence-electron chi connectivity index (χ4n) is 2.35.